The highest BCUT2D eigenvalue weighted by atomic mass is 16.7. The fourth-order valence-electron chi connectivity index (χ4n) is 2.52. The number of fused-ring (bicyclic) bond motifs is 1. The molecule has 25 heavy (non-hydrogen) atoms. The minimum absolute atomic E-state index is 0.123. The number of methoxy groups -OCH3 is 1. The molecule has 1 amide bonds. The molecule has 0 atom stereocenters. The molecular formula is C18H18N2O5. The quantitative estimate of drug-likeness (QED) is 0.748. The van der Waals surface area contributed by atoms with E-state index in [1.807, 2.05) is 18.2 Å². The van der Waals surface area contributed by atoms with E-state index in [-0.39, 0.29) is 31.6 Å². The van der Waals surface area contributed by atoms with Gasteiger partial charge in [0.15, 0.2) is 11.5 Å². The number of carbonyl (C=O) groups excluding carboxylic acids is 2. The number of esters is 1. The second-order valence-electron chi connectivity index (χ2n) is 5.48. The molecule has 7 heteroatoms. The van der Waals surface area contributed by atoms with Crippen molar-refractivity contribution >= 4 is 11.9 Å². The van der Waals surface area contributed by atoms with Crippen molar-refractivity contribution in [3.8, 4) is 11.5 Å². The predicted molar refractivity (Wildman–Crippen MR) is 88.2 cm³/mol. The van der Waals surface area contributed by atoms with Gasteiger partial charge in [-0.1, -0.05) is 6.07 Å². The topological polar surface area (TPSA) is 78.0 Å². The number of hydrogen-bond donors (Lipinski definition) is 0. The van der Waals surface area contributed by atoms with E-state index in [2.05, 4.69) is 9.72 Å². The van der Waals surface area contributed by atoms with E-state index in [1.54, 1.807) is 29.4 Å². The number of amides is 1. The lowest BCUT2D eigenvalue weighted by atomic mass is 10.1. The Hall–Kier alpha value is -3.09. The number of carbonyl (C=O) groups is 2. The number of hydrogen-bond acceptors (Lipinski definition) is 6. The van der Waals surface area contributed by atoms with E-state index in [0.29, 0.717) is 23.6 Å². The molecule has 3 rings (SSSR count). The number of ether oxygens (including phenoxy) is 3. The molecule has 0 bridgehead atoms. The zero-order chi connectivity index (χ0) is 17.6. The summed E-state index contributed by atoms with van der Waals surface area (Å²) in [5.74, 6) is 0.800. The molecule has 0 radical (unpaired) electrons. The summed E-state index contributed by atoms with van der Waals surface area (Å²) < 4.78 is 15.3. The van der Waals surface area contributed by atoms with E-state index in [4.69, 9.17) is 9.47 Å². The normalized spacial score (nSPS) is 11.9. The van der Waals surface area contributed by atoms with Crippen molar-refractivity contribution < 1.29 is 23.8 Å². The third-order valence-corrected chi connectivity index (χ3v) is 3.84. The Labute approximate surface area is 145 Å². The van der Waals surface area contributed by atoms with Crippen LogP contribution in [0.15, 0.2) is 42.7 Å². The minimum Gasteiger partial charge on any atom is -0.469 e. The third-order valence-electron chi connectivity index (χ3n) is 3.84. The van der Waals surface area contributed by atoms with Crippen molar-refractivity contribution in [3.05, 3.63) is 53.9 Å². The molecule has 1 aliphatic heterocycles. The van der Waals surface area contributed by atoms with Crippen LogP contribution in [0.5, 0.6) is 11.5 Å². The third kappa shape index (κ3) is 4.06. The average Bonchev–Trinajstić information content (AvgIpc) is 3.12. The van der Waals surface area contributed by atoms with E-state index in [1.165, 1.54) is 7.11 Å². The van der Waals surface area contributed by atoms with Crippen molar-refractivity contribution in [2.75, 3.05) is 20.4 Å². The summed E-state index contributed by atoms with van der Waals surface area (Å²) >= 11 is 0. The van der Waals surface area contributed by atoms with Crippen LogP contribution in [0.2, 0.25) is 0 Å². The zero-order valence-corrected chi connectivity index (χ0v) is 13.8. The van der Waals surface area contributed by atoms with Crippen molar-refractivity contribution in [3.63, 3.8) is 0 Å². The molecule has 1 aromatic heterocycles. The van der Waals surface area contributed by atoms with Gasteiger partial charge in [-0.05, 0) is 29.8 Å². The van der Waals surface area contributed by atoms with Gasteiger partial charge in [0, 0.05) is 31.0 Å². The van der Waals surface area contributed by atoms with Gasteiger partial charge in [-0.15, -0.1) is 0 Å². The molecule has 0 unspecified atom stereocenters. The lowest BCUT2D eigenvalue weighted by molar-refractivity contribution is -0.140. The minimum atomic E-state index is -0.363. The van der Waals surface area contributed by atoms with Crippen LogP contribution in [0, 0.1) is 0 Å². The van der Waals surface area contributed by atoms with Crippen LogP contribution in [0.1, 0.15) is 22.3 Å². The highest BCUT2D eigenvalue weighted by molar-refractivity contribution is 5.94. The SMILES string of the molecule is COC(=O)CCN(Cc1ccc2c(c1)OCO2)C(=O)c1ccncc1. The Balaban J connectivity index is 1.78. The molecule has 130 valence electrons. The van der Waals surface area contributed by atoms with E-state index < -0.39 is 0 Å². The van der Waals surface area contributed by atoms with Gasteiger partial charge >= 0.3 is 5.97 Å². The molecule has 0 fully saturated rings. The molecule has 0 aliphatic carbocycles. The van der Waals surface area contributed by atoms with Crippen molar-refractivity contribution in [2.24, 2.45) is 0 Å². The Kier molecular flexibility index (Phi) is 5.13. The van der Waals surface area contributed by atoms with E-state index in [0.717, 1.165) is 5.56 Å². The molecule has 0 saturated carbocycles. The first kappa shape index (κ1) is 16.8. The fraction of sp³-hybridized carbons (Fsp3) is 0.278. The van der Waals surface area contributed by atoms with Crippen LogP contribution in [0.4, 0.5) is 0 Å². The van der Waals surface area contributed by atoms with Crippen LogP contribution in [-0.4, -0.2) is 42.2 Å². The number of nitrogens with zero attached hydrogens (tertiary/aromatic N) is 2. The number of benzene rings is 1. The van der Waals surface area contributed by atoms with Crippen LogP contribution < -0.4 is 9.47 Å². The van der Waals surface area contributed by atoms with Crippen LogP contribution in [0.3, 0.4) is 0 Å². The summed E-state index contributed by atoms with van der Waals surface area (Å²) in [6.45, 7) is 0.790. The number of pyridine rings is 1. The summed E-state index contributed by atoms with van der Waals surface area (Å²) in [5, 5.41) is 0. The lowest BCUT2D eigenvalue weighted by Gasteiger charge is -2.22. The molecule has 2 aromatic rings. The molecule has 0 N–H and O–H groups in total. The van der Waals surface area contributed by atoms with Gasteiger partial charge in [0.1, 0.15) is 0 Å². The van der Waals surface area contributed by atoms with Gasteiger partial charge in [-0.3, -0.25) is 14.6 Å². The van der Waals surface area contributed by atoms with Gasteiger partial charge in [-0.25, -0.2) is 0 Å². The Bertz CT molecular complexity index is 763. The second kappa shape index (κ2) is 7.65. The molecule has 0 saturated heterocycles. The predicted octanol–water partition coefficient (Wildman–Crippen LogP) is 2.02. The molecular weight excluding hydrogens is 324 g/mol. The van der Waals surface area contributed by atoms with Gasteiger partial charge in [0.05, 0.1) is 13.5 Å². The second-order valence-corrected chi connectivity index (χ2v) is 5.48. The Morgan fingerprint density at radius 3 is 2.68 bits per heavy atom. The van der Waals surface area contributed by atoms with Gasteiger partial charge in [0.2, 0.25) is 6.79 Å². The Morgan fingerprint density at radius 1 is 1.16 bits per heavy atom. The molecule has 7 nitrogen and oxygen atoms in total. The number of aromatic nitrogens is 1. The zero-order valence-electron chi connectivity index (χ0n) is 13.8. The Morgan fingerprint density at radius 2 is 1.92 bits per heavy atom. The average molecular weight is 342 g/mol. The van der Waals surface area contributed by atoms with Crippen molar-refractivity contribution in [1.82, 2.24) is 9.88 Å². The summed E-state index contributed by atoms with van der Waals surface area (Å²) in [6.07, 6.45) is 3.25. The monoisotopic (exact) mass is 342 g/mol. The van der Waals surface area contributed by atoms with E-state index in [9.17, 15) is 9.59 Å². The van der Waals surface area contributed by atoms with Crippen molar-refractivity contribution in [2.45, 2.75) is 13.0 Å². The van der Waals surface area contributed by atoms with Gasteiger partial charge in [0.25, 0.3) is 5.91 Å². The summed E-state index contributed by atoms with van der Waals surface area (Å²) in [5.41, 5.74) is 1.40. The summed E-state index contributed by atoms with van der Waals surface area (Å²) in [4.78, 5) is 29.8. The van der Waals surface area contributed by atoms with Crippen LogP contribution in [0.25, 0.3) is 0 Å². The van der Waals surface area contributed by atoms with Crippen LogP contribution >= 0.6 is 0 Å². The van der Waals surface area contributed by atoms with Gasteiger partial charge in [-0.2, -0.15) is 0 Å². The smallest absolute Gasteiger partial charge is 0.307 e. The molecule has 0 spiro atoms. The molecule has 1 aromatic carbocycles. The van der Waals surface area contributed by atoms with Crippen molar-refractivity contribution in [1.29, 1.82) is 0 Å². The van der Waals surface area contributed by atoms with Crippen LogP contribution in [-0.2, 0) is 16.1 Å². The molecule has 1 aliphatic rings. The highest BCUT2D eigenvalue weighted by Gasteiger charge is 2.19. The first-order valence-corrected chi connectivity index (χ1v) is 7.82. The maximum Gasteiger partial charge on any atom is 0.307 e. The first-order chi connectivity index (χ1) is 12.2. The maximum atomic E-state index is 12.8. The summed E-state index contributed by atoms with van der Waals surface area (Å²) in [6, 6.07) is 8.82. The number of rotatable bonds is 6. The summed E-state index contributed by atoms with van der Waals surface area (Å²) in [7, 11) is 1.33. The highest BCUT2D eigenvalue weighted by Crippen LogP contribution is 2.32. The standard InChI is InChI=1S/C18H18N2O5/c1-23-17(21)6-9-20(18(22)14-4-7-19-8-5-14)11-13-2-3-15-16(10-13)25-12-24-15/h2-5,7-8,10H,6,9,11-12H2,1H3. The van der Waals surface area contributed by atoms with Gasteiger partial charge < -0.3 is 19.1 Å². The fourth-order valence-corrected chi connectivity index (χ4v) is 2.52. The lowest BCUT2D eigenvalue weighted by Crippen LogP contribution is -2.32. The van der Waals surface area contributed by atoms with E-state index >= 15 is 0 Å². The first-order valence-electron chi connectivity index (χ1n) is 7.82. The largest absolute Gasteiger partial charge is 0.469 e. The maximum absolute atomic E-state index is 12.8. The molecule has 2 heterocycles.